The Labute approximate surface area is 198 Å². The second-order valence-corrected chi connectivity index (χ2v) is 11.4. The summed E-state index contributed by atoms with van der Waals surface area (Å²) in [5.41, 5.74) is 1.94. The van der Waals surface area contributed by atoms with Crippen LogP contribution in [-0.4, -0.2) is 6.04 Å². The monoisotopic (exact) mass is 505 g/mol. The van der Waals surface area contributed by atoms with Gasteiger partial charge in [0.05, 0.1) is 5.02 Å². The van der Waals surface area contributed by atoms with E-state index in [2.05, 4.69) is 34.2 Å². The fourth-order valence-electron chi connectivity index (χ4n) is 6.83. The Morgan fingerprint density at radius 3 is 2.45 bits per heavy atom. The van der Waals surface area contributed by atoms with Crippen molar-refractivity contribution in [2.75, 3.05) is 0 Å². The molecule has 0 spiro atoms. The molecule has 4 bridgehead atoms. The Morgan fingerprint density at radius 1 is 1.13 bits per heavy atom. The zero-order valence-corrected chi connectivity index (χ0v) is 20.3. The van der Waals surface area contributed by atoms with Crippen LogP contribution in [0.15, 0.2) is 40.9 Å². The third kappa shape index (κ3) is 4.41. The lowest BCUT2D eigenvalue weighted by Crippen LogP contribution is -2.54. The molecule has 31 heavy (non-hydrogen) atoms. The highest BCUT2D eigenvalue weighted by Crippen LogP contribution is 2.61. The van der Waals surface area contributed by atoms with Crippen molar-refractivity contribution in [2.45, 2.75) is 64.6 Å². The summed E-state index contributed by atoms with van der Waals surface area (Å²) in [6.07, 6.45) is 8.57. The van der Waals surface area contributed by atoms with E-state index < -0.39 is 0 Å². The fraction of sp³-hybridized carbons (Fsp3) is 0.538. The van der Waals surface area contributed by atoms with Crippen molar-refractivity contribution in [1.82, 2.24) is 5.32 Å². The van der Waals surface area contributed by atoms with Gasteiger partial charge >= 0.3 is 0 Å². The minimum atomic E-state index is -0.334. The molecular weight excluding hydrogens is 477 g/mol. The topological polar surface area (TPSA) is 21.3 Å². The van der Waals surface area contributed by atoms with Gasteiger partial charge in [-0.2, -0.15) is 0 Å². The van der Waals surface area contributed by atoms with Crippen LogP contribution in [0.5, 0.6) is 5.75 Å². The Kier molecular flexibility index (Phi) is 6.09. The van der Waals surface area contributed by atoms with Crippen LogP contribution in [0.25, 0.3) is 0 Å². The van der Waals surface area contributed by atoms with Gasteiger partial charge in [-0.3, -0.25) is 0 Å². The molecule has 166 valence electrons. The Balaban J connectivity index is 1.28. The molecule has 0 saturated heterocycles. The van der Waals surface area contributed by atoms with Gasteiger partial charge in [-0.05, 0) is 98.9 Å². The SMILES string of the molecule is CC(NCc1cc(Br)ccc1OCc1c(F)cccc1Cl)C12CC3CC(CC(C3)C1)C2. The summed E-state index contributed by atoms with van der Waals surface area (Å²) in [7, 11) is 0. The molecule has 0 amide bonds. The number of hydrogen-bond acceptors (Lipinski definition) is 2. The average Bonchev–Trinajstić information content (AvgIpc) is 2.71. The van der Waals surface area contributed by atoms with E-state index in [-0.39, 0.29) is 12.4 Å². The van der Waals surface area contributed by atoms with Crippen molar-refractivity contribution < 1.29 is 9.13 Å². The van der Waals surface area contributed by atoms with E-state index in [1.165, 1.54) is 44.6 Å². The van der Waals surface area contributed by atoms with Gasteiger partial charge in [0.1, 0.15) is 18.2 Å². The summed E-state index contributed by atoms with van der Waals surface area (Å²) in [6, 6.07) is 11.2. The number of hydrogen-bond donors (Lipinski definition) is 1. The van der Waals surface area contributed by atoms with Crippen LogP contribution < -0.4 is 10.1 Å². The molecule has 0 heterocycles. The molecule has 5 heteroatoms. The molecule has 2 aromatic rings. The minimum Gasteiger partial charge on any atom is -0.488 e. The zero-order chi connectivity index (χ0) is 21.6. The number of rotatable bonds is 7. The normalized spacial score (nSPS) is 29.9. The van der Waals surface area contributed by atoms with Crippen molar-refractivity contribution in [3.63, 3.8) is 0 Å². The second-order valence-electron chi connectivity index (χ2n) is 10.1. The maximum absolute atomic E-state index is 14.1. The van der Waals surface area contributed by atoms with Gasteiger partial charge in [0, 0.05) is 28.2 Å². The van der Waals surface area contributed by atoms with E-state index in [4.69, 9.17) is 16.3 Å². The van der Waals surface area contributed by atoms with Crippen molar-refractivity contribution in [1.29, 1.82) is 0 Å². The minimum absolute atomic E-state index is 0.116. The van der Waals surface area contributed by atoms with Gasteiger partial charge in [-0.25, -0.2) is 4.39 Å². The third-order valence-electron chi connectivity index (χ3n) is 8.06. The maximum Gasteiger partial charge on any atom is 0.131 e. The lowest BCUT2D eigenvalue weighted by molar-refractivity contribution is -0.0706. The van der Waals surface area contributed by atoms with Gasteiger partial charge in [-0.1, -0.05) is 33.6 Å². The van der Waals surface area contributed by atoms with Gasteiger partial charge in [-0.15, -0.1) is 0 Å². The van der Waals surface area contributed by atoms with Crippen molar-refractivity contribution >= 4 is 27.5 Å². The molecule has 0 aromatic heterocycles. The van der Waals surface area contributed by atoms with Crippen molar-refractivity contribution in [3.05, 3.63) is 62.8 Å². The lowest BCUT2D eigenvalue weighted by Gasteiger charge is -2.59. The predicted molar refractivity (Wildman–Crippen MR) is 127 cm³/mol. The van der Waals surface area contributed by atoms with Crippen LogP contribution in [0.1, 0.15) is 56.6 Å². The number of benzene rings is 2. The second kappa shape index (κ2) is 8.68. The van der Waals surface area contributed by atoms with Crippen LogP contribution in [0.2, 0.25) is 5.02 Å². The van der Waals surface area contributed by atoms with Crippen molar-refractivity contribution in [3.8, 4) is 5.75 Å². The Bertz CT molecular complexity index is 909. The van der Waals surface area contributed by atoms with E-state index in [1.807, 2.05) is 12.1 Å². The first-order chi connectivity index (χ1) is 14.9. The molecule has 1 N–H and O–H groups in total. The van der Waals surface area contributed by atoms with Crippen LogP contribution in [0.4, 0.5) is 4.39 Å². The summed E-state index contributed by atoms with van der Waals surface area (Å²) in [6.45, 7) is 3.23. The first-order valence-corrected chi connectivity index (χ1v) is 12.7. The first-order valence-electron chi connectivity index (χ1n) is 11.5. The summed E-state index contributed by atoms with van der Waals surface area (Å²) in [5.74, 6) is 3.29. The van der Waals surface area contributed by atoms with E-state index >= 15 is 0 Å². The highest BCUT2D eigenvalue weighted by atomic mass is 79.9. The number of ether oxygens (including phenoxy) is 1. The first kappa shape index (κ1) is 21.7. The van der Waals surface area contributed by atoms with Gasteiger partial charge in [0.15, 0.2) is 0 Å². The molecule has 0 aliphatic heterocycles. The summed E-state index contributed by atoms with van der Waals surface area (Å²) < 4.78 is 21.2. The molecule has 0 radical (unpaired) electrons. The highest BCUT2D eigenvalue weighted by molar-refractivity contribution is 9.10. The van der Waals surface area contributed by atoms with Crippen LogP contribution in [-0.2, 0) is 13.2 Å². The predicted octanol–water partition coefficient (Wildman–Crippen LogP) is 7.52. The number of halogens is 3. The fourth-order valence-corrected chi connectivity index (χ4v) is 7.46. The maximum atomic E-state index is 14.1. The third-order valence-corrected chi connectivity index (χ3v) is 8.91. The molecule has 6 rings (SSSR count). The number of nitrogens with one attached hydrogen (secondary N) is 1. The molecule has 4 fully saturated rings. The molecule has 4 aliphatic rings. The Morgan fingerprint density at radius 2 is 1.81 bits per heavy atom. The molecule has 1 atom stereocenters. The van der Waals surface area contributed by atoms with E-state index in [0.29, 0.717) is 22.0 Å². The van der Waals surface area contributed by atoms with Crippen LogP contribution >= 0.6 is 27.5 Å². The van der Waals surface area contributed by atoms with Gasteiger partial charge < -0.3 is 10.1 Å². The summed E-state index contributed by atoms with van der Waals surface area (Å²) >= 11 is 9.76. The van der Waals surface area contributed by atoms with E-state index in [0.717, 1.165) is 40.1 Å². The molecular formula is C26H30BrClFNO. The van der Waals surface area contributed by atoms with Gasteiger partial charge in [0.25, 0.3) is 0 Å². The molecule has 2 aromatic carbocycles. The standard InChI is InChI=1S/C26H30BrClFNO/c1-16(26-11-17-7-18(12-26)9-19(8-17)13-26)30-14-20-10-21(27)5-6-25(20)31-15-22-23(28)3-2-4-24(22)29/h2-6,10,16-19,30H,7-9,11-15H2,1H3. The average molecular weight is 507 g/mol. The molecule has 1 unspecified atom stereocenters. The van der Waals surface area contributed by atoms with Crippen LogP contribution in [0.3, 0.4) is 0 Å². The largest absolute Gasteiger partial charge is 0.488 e. The summed E-state index contributed by atoms with van der Waals surface area (Å²) in [4.78, 5) is 0. The van der Waals surface area contributed by atoms with E-state index in [1.54, 1.807) is 12.1 Å². The Hall–Kier alpha value is -1.10. The quantitative estimate of drug-likeness (QED) is 0.419. The molecule has 2 nitrogen and oxygen atoms in total. The van der Waals surface area contributed by atoms with Crippen LogP contribution in [0, 0.1) is 29.0 Å². The highest BCUT2D eigenvalue weighted by Gasteiger charge is 2.52. The zero-order valence-electron chi connectivity index (χ0n) is 18.0. The molecule has 4 saturated carbocycles. The smallest absolute Gasteiger partial charge is 0.131 e. The lowest BCUT2D eigenvalue weighted by atomic mass is 9.48. The molecule has 4 aliphatic carbocycles. The van der Waals surface area contributed by atoms with Gasteiger partial charge in [0.2, 0.25) is 0 Å². The van der Waals surface area contributed by atoms with Crippen molar-refractivity contribution in [2.24, 2.45) is 23.2 Å². The van der Waals surface area contributed by atoms with E-state index in [9.17, 15) is 4.39 Å². The summed E-state index contributed by atoms with van der Waals surface area (Å²) in [5, 5.41) is 4.24.